The third-order valence-electron chi connectivity index (χ3n) is 8.54. The lowest BCUT2D eigenvalue weighted by molar-refractivity contribution is 0.668. The van der Waals surface area contributed by atoms with Crippen LogP contribution in [0.25, 0.3) is 100.0 Å². The van der Waals surface area contributed by atoms with Crippen LogP contribution in [-0.4, -0.2) is 15.0 Å². The normalized spacial score (nSPS) is 11.7. The summed E-state index contributed by atoms with van der Waals surface area (Å²) in [4.78, 5) is 15.0. The first-order valence-electron chi connectivity index (χ1n) is 14.8. The second kappa shape index (κ2) is 9.87. The van der Waals surface area contributed by atoms with Gasteiger partial charge in [-0.15, -0.1) is 0 Å². The standard InChI is InChI=1S/C39H21N3O3.CH4/c1-4-10-31-25(7-1)28-16-13-23(20-35(28)44-31)38-40-37(22-15-18-34-30(19-22)27-9-3-6-12-33(27)43-34)41-39(42-38)24-14-17-29-26-8-2-5-11-32(26)45-36(29)21-24;/h1-21H;1H4. The van der Waals surface area contributed by atoms with E-state index >= 15 is 0 Å². The zero-order valence-electron chi connectivity index (χ0n) is 23.7. The zero-order valence-corrected chi connectivity index (χ0v) is 23.7. The first-order valence-corrected chi connectivity index (χ1v) is 14.8. The Morgan fingerprint density at radius 2 is 0.652 bits per heavy atom. The zero-order chi connectivity index (χ0) is 29.5. The van der Waals surface area contributed by atoms with Gasteiger partial charge in [-0.1, -0.05) is 74.2 Å². The number of benzene rings is 6. The lowest BCUT2D eigenvalue weighted by atomic mass is 10.1. The maximum Gasteiger partial charge on any atom is 0.164 e. The molecule has 0 N–H and O–H groups in total. The van der Waals surface area contributed by atoms with Crippen LogP contribution >= 0.6 is 0 Å². The molecule has 0 saturated heterocycles. The Balaban J connectivity index is 0.00000292. The topological polar surface area (TPSA) is 78.1 Å². The van der Waals surface area contributed by atoms with E-state index in [0.29, 0.717) is 17.5 Å². The maximum atomic E-state index is 6.21. The molecule has 4 heterocycles. The van der Waals surface area contributed by atoms with Crippen molar-refractivity contribution in [1.29, 1.82) is 0 Å². The number of para-hydroxylation sites is 3. The molecule has 0 atom stereocenters. The highest BCUT2D eigenvalue weighted by Gasteiger charge is 2.17. The summed E-state index contributed by atoms with van der Waals surface area (Å²) < 4.78 is 18.5. The van der Waals surface area contributed by atoms with E-state index in [4.69, 9.17) is 28.2 Å². The fraction of sp³-hybridized carbons (Fsp3) is 0.0250. The van der Waals surface area contributed by atoms with Crippen molar-refractivity contribution >= 4 is 65.8 Å². The Morgan fingerprint density at radius 1 is 0.304 bits per heavy atom. The maximum absolute atomic E-state index is 6.21. The van der Waals surface area contributed by atoms with Gasteiger partial charge in [0.05, 0.1) is 0 Å². The number of hydrogen-bond acceptors (Lipinski definition) is 6. The van der Waals surface area contributed by atoms with Gasteiger partial charge in [0.25, 0.3) is 0 Å². The summed E-state index contributed by atoms with van der Waals surface area (Å²) in [6.07, 6.45) is 0. The summed E-state index contributed by atoms with van der Waals surface area (Å²) >= 11 is 0. The minimum absolute atomic E-state index is 0. The number of aromatic nitrogens is 3. The molecular formula is C40H25N3O3. The monoisotopic (exact) mass is 595 g/mol. The van der Waals surface area contributed by atoms with E-state index in [1.54, 1.807) is 0 Å². The summed E-state index contributed by atoms with van der Waals surface area (Å²) in [5.41, 5.74) is 7.48. The molecule has 0 radical (unpaired) electrons. The minimum Gasteiger partial charge on any atom is -0.456 e. The van der Waals surface area contributed by atoms with E-state index in [2.05, 4.69) is 36.4 Å². The van der Waals surface area contributed by atoms with Crippen LogP contribution in [0.3, 0.4) is 0 Å². The Labute approximate surface area is 262 Å². The highest BCUT2D eigenvalue weighted by molar-refractivity contribution is 6.08. The first-order chi connectivity index (χ1) is 22.2. The largest absolute Gasteiger partial charge is 0.456 e. The van der Waals surface area contributed by atoms with E-state index in [-0.39, 0.29) is 7.43 Å². The van der Waals surface area contributed by atoms with E-state index in [1.165, 1.54) is 0 Å². The average molecular weight is 596 g/mol. The molecule has 0 aliphatic heterocycles. The molecule has 10 rings (SSSR count). The Morgan fingerprint density at radius 3 is 1.15 bits per heavy atom. The van der Waals surface area contributed by atoms with Gasteiger partial charge in [-0.2, -0.15) is 0 Å². The van der Waals surface area contributed by atoms with Crippen LogP contribution in [0.15, 0.2) is 141 Å². The highest BCUT2D eigenvalue weighted by atomic mass is 16.3. The molecule has 6 aromatic carbocycles. The van der Waals surface area contributed by atoms with E-state index in [0.717, 1.165) is 82.5 Å². The molecule has 6 nitrogen and oxygen atoms in total. The van der Waals surface area contributed by atoms with Gasteiger partial charge in [-0.25, -0.2) is 15.0 Å². The molecule has 0 bridgehead atoms. The van der Waals surface area contributed by atoms with Crippen molar-refractivity contribution in [2.45, 2.75) is 7.43 Å². The molecule has 0 fully saturated rings. The number of hydrogen-bond donors (Lipinski definition) is 0. The third-order valence-corrected chi connectivity index (χ3v) is 8.54. The fourth-order valence-electron chi connectivity index (χ4n) is 6.36. The summed E-state index contributed by atoms with van der Waals surface area (Å²) in [7, 11) is 0. The molecule has 0 aliphatic carbocycles. The van der Waals surface area contributed by atoms with Gasteiger partial charge in [0.1, 0.15) is 33.5 Å². The predicted octanol–water partition coefficient (Wildman–Crippen LogP) is 11.2. The second-order valence-electron chi connectivity index (χ2n) is 11.2. The van der Waals surface area contributed by atoms with Crippen molar-refractivity contribution in [2.75, 3.05) is 0 Å². The number of furan rings is 3. The molecule has 0 aliphatic rings. The van der Waals surface area contributed by atoms with Crippen molar-refractivity contribution in [2.24, 2.45) is 0 Å². The molecule has 218 valence electrons. The number of nitrogens with zero attached hydrogens (tertiary/aromatic N) is 3. The van der Waals surface area contributed by atoms with Crippen molar-refractivity contribution in [3.63, 3.8) is 0 Å². The van der Waals surface area contributed by atoms with E-state index in [9.17, 15) is 0 Å². The highest BCUT2D eigenvalue weighted by Crippen LogP contribution is 2.36. The van der Waals surface area contributed by atoms with Gasteiger partial charge < -0.3 is 13.3 Å². The molecule has 0 saturated carbocycles. The van der Waals surface area contributed by atoms with Gasteiger partial charge in [0.2, 0.25) is 0 Å². The fourth-order valence-corrected chi connectivity index (χ4v) is 6.36. The van der Waals surface area contributed by atoms with Crippen LogP contribution in [0, 0.1) is 0 Å². The molecule has 46 heavy (non-hydrogen) atoms. The summed E-state index contributed by atoms with van der Waals surface area (Å²) in [5.74, 6) is 1.68. The smallest absolute Gasteiger partial charge is 0.164 e. The van der Waals surface area contributed by atoms with Crippen molar-refractivity contribution in [3.8, 4) is 34.2 Å². The molecular weight excluding hydrogens is 570 g/mol. The Kier molecular flexibility index (Phi) is 5.61. The molecule has 6 heteroatoms. The van der Waals surface area contributed by atoms with Crippen molar-refractivity contribution < 1.29 is 13.3 Å². The Bertz CT molecular complexity index is 2650. The van der Waals surface area contributed by atoms with E-state index < -0.39 is 0 Å². The van der Waals surface area contributed by atoms with Crippen molar-refractivity contribution in [3.05, 3.63) is 127 Å². The van der Waals surface area contributed by atoms with Crippen LogP contribution in [0.2, 0.25) is 0 Å². The quantitative estimate of drug-likeness (QED) is 0.202. The molecule has 0 unspecified atom stereocenters. The van der Waals surface area contributed by atoms with Gasteiger partial charge in [-0.05, 0) is 60.7 Å². The van der Waals surface area contributed by atoms with Crippen molar-refractivity contribution in [1.82, 2.24) is 15.0 Å². The number of rotatable bonds is 3. The third kappa shape index (κ3) is 3.94. The molecule has 0 spiro atoms. The lowest BCUT2D eigenvalue weighted by Gasteiger charge is -2.09. The van der Waals surface area contributed by atoms with Gasteiger partial charge in [-0.3, -0.25) is 0 Å². The van der Waals surface area contributed by atoms with Crippen LogP contribution in [0.5, 0.6) is 0 Å². The lowest BCUT2D eigenvalue weighted by Crippen LogP contribution is -2.00. The van der Waals surface area contributed by atoms with Gasteiger partial charge in [0.15, 0.2) is 17.5 Å². The molecule has 10 aromatic rings. The van der Waals surface area contributed by atoms with Gasteiger partial charge in [0, 0.05) is 49.0 Å². The van der Waals surface area contributed by atoms with Gasteiger partial charge >= 0.3 is 0 Å². The van der Waals surface area contributed by atoms with E-state index in [1.807, 2.05) is 91.0 Å². The minimum atomic E-state index is 0. The summed E-state index contributed by atoms with van der Waals surface area (Å²) in [5, 5.41) is 6.33. The summed E-state index contributed by atoms with van der Waals surface area (Å²) in [6.45, 7) is 0. The number of fused-ring (bicyclic) bond motifs is 9. The van der Waals surface area contributed by atoms with Crippen LogP contribution in [0.4, 0.5) is 0 Å². The average Bonchev–Trinajstić information content (AvgIpc) is 3.78. The Hall–Kier alpha value is -6.27. The summed E-state index contributed by atoms with van der Waals surface area (Å²) in [6, 6.07) is 42.5. The first kappa shape index (κ1) is 26.2. The van der Waals surface area contributed by atoms with Crippen LogP contribution < -0.4 is 0 Å². The predicted molar refractivity (Wildman–Crippen MR) is 185 cm³/mol. The molecule has 0 amide bonds. The van der Waals surface area contributed by atoms with Crippen LogP contribution in [-0.2, 0) is 0 Å². The SMILES string of the molecule is C.c1ccc2c(c1)oc1cc(-c3nc(-c4ccc5c(c4)oc4ccccc45)nc(-c4ccc5oc6ccccc6c5c4)n3)ccc12. The van der Waals surface area contributed by atoms with Crippen LogP contribution in [0.1, 0.15) is 7.43 Å². The molecule has 4 aromatic heterocycles. The second-order valence-corrected chi connectivity index (χ2v) is 11.2.